The molecule has 1 amide bonds. The van der Waals surface area contributed by atoms with Gasteiger partial charge in [0, 0.05) is 81.9 Å². The van der Waals surface area contributed by atoms with Crippen molar-refractivity contribution in [2.45, 2.75) is 77.0 Å². The molecule has 1 aliphatic carbocycles. The molecule has 4 heterocycles. The molecule has 0 spiro atoms. The van der Waals surface area contributed by atoms with E-state index in [-0.39, 0.29) is 22.9 Å². The van der Waals surface area contributed by atoms with Crippen molar-refractivity contribution in [3.8, 4) is 11.5 Å². The largest absolute Gasteiger partial charge is 0.455 e. The number of allylic oxidation sites excluding steroid dienone is 2. The first kappa shape index (κ1) is 42.9. The number of aromatic nitrogens is 2. The molecule has 14 nitrogen and oxygen atoms in total. The van der Waals surface area contributed by atoms with E-state index in [4.69, 9.17) is 9.47 Å². The van der Waals surface area contributed by atoms with Crippen molar-refractivity contribution in [2.24, 2.45) is 11.3 Å². The number of benzene rings is 2. The number of carbonyl (C=O) groups excluding carboxylic acids is 1. The zero-order valence-corrected chi connectivity index (χ0v) is 35.7. The van der Waals surface area contributed by atoms with Gasteiger partial charge in [-0.3, -0.25) is 19.8 Å². The second-order valence-corrected chi connectivity index (χ2v) is 18.8. The average Bonchev–Trinajstić information content (AvgIpc) is 3.71. The lowest BCUT2D eigenvalue weighted by molar-refractivity contribution is -0.384. The van der Waals surface area contributed by atoms with Crippen molar-refractivity contribution in [1.82, 2.24) is 19.6 Å². The summed E-state index contributed by atoms with van der Waals surface area (Å²) in [5, 5.41) is 16.0. The predicted octanol–water partition coefficient (Wildman–Crippen LogP) is 8.60. The zero-order chi connectivity index (χ0) is 42.4. The number of nitro groups is 1. The van der Waals surface area contributed by atoms with Gasteiger partial charge in [-0.15, -0.1) is 0 Å². The van der Waals surface area contributed by atoms with Crippen LogP contribution in [0.2, 0.25) is 0 Å². The predicted molar refractivity (Wildman–Crippen MR) is 234 cm³/mol. The number of nitro benzene ring substituents is 1. The molecule has 0 saturated carbocycles. The van der Waals surface area contributed by atoms with Crippen LogP contribution in [0.5, 0.6) is 11.5 Å². The number of nitrogens with one attached hydrogen (secondary N) is 3. The Labute approximate surface area is 352 Å². The standard InChI is InChI=1S/C45H57N7O7S/c1-5-31(2)6-7-34-27-45(3,4)16-12-35(34)30-50-18-20-51(21-19-50)36-8-10-39(42(25-36)59-37-24-33-13-17-46-43(33)48-29-37)44(53)49-60(56,57)38-9-11-40(41(26-38)52(54)55)47-28-32-14-22-58-23-15-32/h8-11,13,17,24-26,29,32,47H,2,5-7,12,14-16,18-23,27-28,30H2,1,3-4H3,(H,46,48)(H,49,53). The number of pyridine rings is 1. The summed E-state index contributed by atoms with van der Waals surface area (Å²) in [4.78, 5) is 37.2. The highest BCUT2D eigenvalue weighted by Crippen LogP contribution is 2.41. The molecular weight excluding hydrogens is 783 g/mol. The number of anilines is 2. The fourth-order valence-corrected chi connectivity index (χ4v) is 9.34. The maximum Gasteiger partial charge on any atom is 0.293 e. The Morgan fingerprint density at radius 2 is 1.87 bits per heavy atom. The van der Waals surface area contributed by atoms with Crippen molar-refractivity contribution in [3.05, 3.63) is 99.9 Å². The van der Waals surface area contributed by atoms with E-state index in [1.165, 1.54) is 30.3 Å². The van der Waals surface area contributed by atoms with Crippen LogP contribution in [-0.2, 0) is 14.8 Å². The number of rotatable bonds is 16. The summed E-state index contributed by atoms with van der Waals surface area (Å²) >= 11 is 0. The monoisotopic (exact) mass is 839 g/mol. The van der Waals surface area contributed by atoms with E-state index in [9.17, 15) is 23.3 Å². The number of ether oxygens (including phenoxy) is 2. The number of amides is 1. The Kier molecular flexibility index (Phi) is 13.3. The summed E-state index contributed by atoms with van der Waals surface area (Å²) in [5.74, 6) is -0.154. The Hall–Kier alpha value is -5.25. The fourth-order valence-electron chi connectivity index (χ4n) is 8.35. The lowest BCUT2D eigenvalue weighted by Crippen LogP contribution is -2.47. The summed E-state index contributed by atoms with van der Waals surface area (Å²) < 4.78 is 41.1. The van der Waals surface area contributed by atoms with E-state index in [1.807, 2.05) is 6.07 Å². The molecule has 320 valence electrons. The van der Waals surface area contributed by atoms with Gasteiger partial charge in [-0.1, -0.05) is 44.1 Å². The van der Waals surface area contributed by atoms with Gasteiger partial charge in [-0.25, -0.2) is 18.1 Å². The third-order valence-electron chi connectivity index (χ3n) is 12.2. The highest BCUT2D eigenvalue weighted by atomic mass is 32.2. The summed E-state index contributed by atoms with van der Waals surface area (Å²) in [6.07, 6.45) is 11.6. The lowest BCUT2D eigenvalue weighted by Gasteiger charge is -2.39. The summed E-state index contributed by atoms with van der Waals surface area (Å²) in [7, 11) is -4.54. The SMILES string of the molecule is C=C(CC)CCC1=C(CN2CCN(c3ccc(C(=O)NS(=O)(=O)c4ccc(NCC5CCOCC5)c([N+](=O)[O-])c4)c(Oc4cnc5[nH]ccc5c4)c3)CC2)CCC(C)(C)C1. The van der Waals surface area contributed by atoms with E-state index in [1.54, 1.807) is 41.6 Å². The molecule has 0 radical (unpaired) electrons. The number of carbonyl (C=O) groups is 1. The van der Waals surface area contributed by atoms with Crippen LogP contribution < -0.4 is 19.7 Å². The first-order chi connectivity index (χ1) is 28.8. The van der Waals surface area contributed by atoms with Crippen LogP contribution in [0.25, 0.3) is 11.0 Å². The number of sulfonamides is 1. The van der Waals surface area contributed by atoms with Crippen LogP contribution in [0.15, 0.2) is 89.1 Å². The van der Waals surface area contributed by atoms with Crippen LogP contribution in [0, 0.1) is 21.4 Å². The molecule has 2 saturated heterocycles. The molecule has 2 aliphatic heterocycles. The molecule has 7 rings (SSSR count). The van der Waals surface area contributed by atoms with Crippen molar-refractivity contribution >= 4 is 44.0 Å². The molecule has 0 bridgehead atoms. The minimum Gasteiger partial charge on any atom is -0.455 e. The number of fused-ring (bicyclic) bond motifs is 1. The topological polar surface area (TPSA) is 172 Å². The Bertz CT molecular complexity index is 2360. The number of H-pyrrole nitrogens is 1. The van der Waals surface area contributed by atoms with Crippen LogP contribution in [0.1, 0.15) is 82.5 Å². The maximum absolute atomic E-state index is 13.9. The first-order valence-corrected chi connectivity index (χ1v) is 22.5. The second-order valence-electron chi connectivity index (χ2n) is 17.1. The van der Waals surface area contributed by atoms with Crippen LogP contribution in [0.3, 0.4) is 0 Å². The molecule has 3 N–H and O–H groups in total. The number of aromatic amines is 1. The van der Waals surface area contributed by atoms with Crippen molar-refractivity contribution < 1.29 is 27.6 Å². The first-order valence-electron chi connectivity index (χ1n) is 21.0. The van der Waals surface area contributed by atoms with Crippen LogP contribution >= 0.6 is 0 Å². The van der Waals surface area contributed by atoms with E-state index in [0.717, 1.165) is 94.8 Å². The molecule has 2 fully saturated rings. The van der Waals surface area contributed by atoms with Gasteiger partial charge in [0.15, 0.2) is 0 Å². The fraction of sp³-hybridized carbons (Fsp3) is 0.467. The number of hydrogen-bond donors (Lipinski definition) is 3. The molecule has 0 unspecified atom stereocenters. The third kappa shape index (κ3) is 10.5. The molecule has 3 aliphatic rings. The smallest absolute Gasteiger partial charge is 0.293 e. The summed E-state index contributed by atoms with van der Waals surface area (Å²) in [6.45, 7) is 17.1. The van der Waals surface area contributed by atoms with Gasteiger partial charge in [0.25, 0.3) is 21.6 Å². The number of nitrogens with zero attached hydrogens (tertiary/aromatic N) is 4. The summed E-state index contributed by atoms with van der Waals surface area (Å²) in [6, 6.07) is 12.3. The zero-order valence-electron chi connectivity index (χ0n) is 34.9. The molecule has 0 atom stereocenters. The van der Waals surface area contributed by atoms with Gasteiger partial charge >= 0.3 is 0 Å². The van der Waals surface area contributed by atoms with Crippen LogP contribution in [0.4, 0.5) is 17.1 Å². The molecule has 15 heteroatoms. The highest BCUT2D eigenvalue weighted by Gasteiger charge is 2.30. The van der Waals surface area contributed by atoms with Gasteiger partial charge in [-0.2, -0.15) is 0 Å². The third-order valence-corrected chi connectivity index (χ3v) is 13.5. The van der Waals surface area contributed by atoms with Gasteiger partial charge in [0.2, 0.25) is 0 Å². The molecule has 2 aromatic carbocycles. The summed E-state index contributed by atoms with van der Waals surface area (Å²) in [5.41, 5.74) is 6.07. The van der Waals surface area contributed by atoms with Crippen molar-refractivity contribution in [2.75, 3.05) is 62.7 Å². The normalized spacial score (nSPS) is 17.8. The van der Waals surface area contributed by atoms with Crippen molar-refractivity contribution in [3.63, 3.8) is 0 Å². The van der Waals surface area contributed by atoms with Gasteiger partial charge in [0.1, 0.15) is 22.8 Å². The number of hydrogen-bond acceptors (Lipinski definition) is 11. The molecule has 4 aromatic rings. The highest BCUT2D eigenvalue weighted by molar-refractivity contribution is 7.90. The van der Waals surface area contributed by atoms with Gasteiger partial charge < -0.3 is 24.7 Å². The second kappa shape index (κ2) is 18.6. The van der Waals surface area contributed by atoms with E-state index < -0.39 is 31.4 Å². The van der Waals surface area contributed by atoms with Crippen molar-refractivity contribution in [1.29, 1.82) is 0 Å². The van der Waals surface area contributed by atoms with Gasteiger partial charge in [0.05, 0.1) is 21.6 Å². The van der Waals surface area contributed by atoms with Crippen LogP contribution in [-0.4, -0.2) is 86.6 Å². The van der Waals surface area contributed by atoms with E-state index in [2.05, 4.69) is 57.2 Å². The number of piperazine rings is 1. The minimum atomic E-state index is -4.54. The van der Waals surface area contributed by atoms with E-state index >= 15 is 0 Å². The van der Waals surface area contributed by atoms with Gasteiger partial charge in [-0.05, 0) is 99.1 Å². The Morgan fingerprint density at radius 1 is 1.08 bits per heavy atom. The molecule has 2 aromatic heterocycles. The Morgan fingerprint density at radius 3 is 2.62 bits per heavy atom. The molecular formula is C45H57N7O7S. The van der Waals surface area contributed by atoms with E-state index in [0.29, 0.717) is 36.6 Å². The average molecular weight is 840 g/mol. The maximum atomic E-state index is 13.9. The molecule has 60 heavy (non-hydrogen) atoms. The quantitative estimate of drug-likeness (QED) is 0.0561. The Balaban J connectivity index is 1.08. The lowest BCUT2D eigenvalue weighted by atomic mass is 9.73. The minimum absolute atomic E-state index is 0.0233.